The van der Waals surface area contributed by atoms with Crippen molar-refractivity contribution >= 4 is 39.4 Å². The summed E-state index contributed by atoms with van der Waals surface area (Å²) in [4.78, 5) is 10.9. The number of hydrogen-bond donors (Lipinski definition) is 2. The Morgan fingerprint density at radius 3 is 2.71 bits per heavy atom. The molecule has 1 fully saturated rings. The molecule has 2 atom stereocenters. The number of nitrogens with one attached hydrogen (secondary N) is 1. The van der Waals surface area contributed by atoms with Crippen LogP contribution in [-0.4, -0.2) is 37.0 Å². The van der Waals surface area contributed by atoms with Crippen molar-refractivity contribution in [3.05, 3.63) is 28.8 Å². The minimum absolute atomic E-state index is 0.00995. The number of thioether (sulfide) groups is 1. The second-order valence-electron chi connectivity index (χ2n) is 4.88. The second-order valence-corrected chi connectivity index (χ2v) is 8.08. The summed E-state index contributed by atoms with van der Waals surface area (Å²) >= 11 is 7.48. The Kier molecular flexibility index (Phi) is 5.19. The van der Waals surface area contributed by atoms with Crippen molar-refractivity contribution in [1.82, 2.24) is 4.72 Å². The highest BCUT2D eigenvalue weighted by atomic mass is 35.5. The molecule has 0 amide bonds. The van der Waals surface area contributed by atoms with Gasteiger partial charge in [-0.3, -0.25) is 0 Å². The number of hydrogen-bond acceptors (Lipinski definition) is 4. The van der Waals surface area contributed by atoms with Gasteiger partial charge in [0, 0.05) is 11.3 Å². The lowest BCUT2D eigenvalue weighted by molar-refractivity contribution is 0.0697. The largest absolute Gasteiger partial charge is 0.478 e. The van der Waals surface area contributed by atoms with Gasteiger partial charge in [-0.15, -0.1) is 0 Å². The predicted molar refractivity (Wildman–Crippen MR) is 83.7 cm³/mol. The quantitative estimate of drug-likeness (QED) is 0.853. The molecule has 2 rings (SSSR count). The number of benzene rings is 1. The number of rotatable bonds is 5. The number of carbonyl (C=O) groups is 1. The van der Waals surface area contributed by atoms with Crippen LogP contribution in [0, 0.1) is 0 Å². The molecule has 0 aromatic heterocycles. The van der Waals surface area contributed by atoms with Crippen LogP contribution >= 0.6 is 23.4 Å². The van der Waals surface area contributed by atoms with Crippen molar-refractivity contribution in [2.45, 2.75) is 35.4 Å². The molecular formula is C13H16ClNO4S2. The standard InChI is InChI=1S/C13H16ClNO4S2/c1-20-12-4-2-3-11(12)15-21(18,19)8-5-6-9(13(16)17)10(14)7-8/h5-7,11-12,15H,2-4H2,1H3,(H,16,17). The van der Waals surface area contributed by atoms with Crippen molar-refractivity contribution in [1.29, 1.82) is 0 Å². The SMILES string of the molecule is CSC1CCCC1NS(=O)(=O)c1ccc(C(=O)O)c(Cl)c1. The monoisotopic (exact) mass is 349 g/mol. The van der Waals surface area contributed by atoms with E-state index in [9.17, 15) is 13.2 Å². The molecule has 1 saturated carbocycles. The molecule has 1 aromatic rings. The maximum Gasteiger partial charge on any atom is 0.337 e. The molecule has 1 aromatic carbocycles. The lowest BCUT2D eigenvalue weighted by Crippen LogP contribution is -2.38. The van der Waals surface area contributed by atoms with E-state index in [0.717, 1.165) is 19.3 Å². The molecule has 21 heavy (non-hydrogen) atoms. The first-order valence-electron chi connectivity index (χ1n) is 6.43. The van der Waals surface area contributed by atoms with Gasteiger partial charge in [-0.05, 0) is 37.3 Å². The van der Waals surface area contributed by atoms with E-state index < -0.39 is 16.0 Å². The summed E-state index contributed by atoms with van der Waals surface area (Å²) in [5, 5.41) is 9.09. The first-order chi connectivity index (χ1) is 9.85. The molecule has 116 valence electrons. The van der Waals surface area contributed by atoms with Crippen LogP contribution in [0.2, 0.25) is 5.02 Å². The van der Waals surface area contributed by atoms with Crippen LogP contribution in [0.1, 0.15) is 29.6 Å². The molecule has 8 heteroatoms. The van der Waals surface area contributed by atoms with Crippen molar-refractivity contribution in [3.8, 4) is 0 Å². The van der Waals surface area contributed by atoms with Gasteiger partial charge in [0.1, 0.15) is 0 Å². The highest BCUT2D eigenvalue weighted by molar-refractivity contribution is 7.99. The maximum atomic E-state index is 12.4. The number of carboxylic acid groups (broad SMARTS) is 1. The summed E-state index contributed by atoms with van der Waals surface area (Å²) in [6, 6.07) is 3.56. The summed E-state index contributed by atoms with van der Waals surface area (Å²) in [6.45, 7) is 0. The van der Waals surface area contributed by atoms with Crippen molar-refractivity contribution < 1.29 is 18.3 Å². The fourth-order valence-electron chi connectivity index (χ4n) is 2.45. The third-order valence-electron chi connectivity index (χ3n) is 3.54. The minimum Gasteiger partial charge on any atom is -0.478 e. The summed E-state index contributed by atoms with van der Waals surface area (Å²) in [6.07, 6.45) is 4.77. The van der Waals surface area contributed by atoms with Gasteiger partial charge in [-0.25, -0.2) is 17.9 Å². The van der Waals surface area contributed by atoms with E-state index in [1.165, 1.54) is 18.2 Å². The first-order valence-corrected chi connectivity index (χ1v) is 9.58. The number of sulfonamides is 1. The topological polar surface area (TPSA) is 83.5 Å². The fraction of sp³-hybridized carbons (Fsp3) is 0.462. The van der Waals surface area contributed by atoms with Gasteiger partial charge in [-0.2, -0.15) is 11.8 Å². The summed E-state index contributed by atoms with van der Waals surface area (Å²) in [5.41, 5.74) is -0.113. The molecule has 1 aliphatic carbocycles. The Hall–Kier alpha value is -0.760. The molecule has 0 heterocycles. The fourth-order valence-corrected chi connectivity index (χ4v) is 5.13. The molecule has 0 bridgehead atoms. The lowest BCUT2D eigenvalue weighted by Gasteiger charge is -2.19. The Balaban J connectivity index is 2.23. The third-order valence-corrected chi connectivity index (χ3v) is 6.51. The summed E-state index contributed by atoms with van der Waals surface area (Å²) in [5.74, 6) is -1.19. The summed E-state index contributed by atoms with van der Waals surface area (Å²) in [7, 11) is -3.69. The van der Waals surface area contributed by atoms with Crippen LogP contribution in [0.3, 0.4) is 0 Å². The Bertz CT molecular complexity index is 648. The van der Waals surface area contributed by atoms with Crippen LogP contribution in [0.4, 0.5) is 0 Å². The van der Waals surface area contributed by atoms with Crippen molar-refractivity contribution in [2.24, 2.45) is 0 Å². The number of aromatic carboxylic acids is 1. The normalized spacial score (nSPS) is 22.4. The Morgan fingerprint density at radius 2 is 2.14 bits per heavy atom. The van der Waals surface area contributed by atoms with Gasteiger partial charge in [0.15, 0.2) is 0 Å². The molecule has 0 spiro atoms. The Labute approximate surface area is 133 Å². The number of halogens is 1. The summed E-state index contributed by atoms with van der Waals surface area (Å²) < 4.78 is 27.4. The van der Waals surface area contributed by atoms with E-state index in [-0.39, 0.29) is 26.8 Å². The number of carboxylic acids is 1. The van der Waals surface area contributed by atoms with E-state index >= 15 is 0 Å². The van der Waals surface area contributed by atoms with Crippen molar-refractivity contribution in [3.63, 3.8) is 0 Å². The molecular weight excluding hydrogens is 334 g/mol. The van der Waals surface area contributed by atoms with E-state index in [1.807, 2.05) is 6.26 Å². The molecule has 0 aliphatic heterocycles. The van der Waals surface area contributed by atoms with E-state index in [4.69, 9.17) is 16.7 Å². The van der Waals surface area contributed by atoms with E-state index in [1.54, 1.807) is 11.8 Å². The van der Waals surface area contributed by atoms with Gasteiger partial charge in [0.05, 0.1) is 15.5 Å². The molecule has 0 saturated heterocycles. The van der Waals surface area contributed by atoms with Crippen LogP contribution < -0.4 is 4.72 Å². The zero-order valence-electron chi connectivity index (χ0n) is 11.4. The Morgan fingerprint density at radius 1 is 1.43 bits per heavy atom. The lowest BCUT2D eigenvalue weighted by atomic mass is 10.2. The predicted octanol–water partition coefficient (Wildman–Crippen LogP) is 2.60. The zero-order chi connectivity index (χ0) is 15.6. The van der Waals surface area contributed by atoms with Gasteiger partial charge < -0.3 is 5.11 Å². The van der Waals surface area contributed by atoms with Gasteiger partial charge in [0.25, 0.3) is 0 Å². The van der Waals surface area contributed by atoms with Crippen LogP contribution in [0.5, 0.6) is 0 Å². The van der Waals surface area contributed by atoms with Crippen LogP contribution in [-0.2, 0) is 10.0 Å². The van der Waals surface area contributed by atoms with E-state index in [0.29, 0.717) is 0 Å². The van der Waals surface area contributed by atoms with Crippen molar-refractivity contribution in [2.75, 3.05) is 6.26 Å². The van der Waals surface area contributed by atoms with Gasteiger partial charge >= 0.3 is 5.97 Å². The van der Waals surface area contributed by atoms with Gasteiger partial charge in [0.2, 0.25) is 10.0 Å². The van der Waals surface area contributed by atoms with E-state index in [2.05, 4.69) is 4.72 Å². The molecule has 0 radical (unpaired) electrons. The average Bonchev–Trinajstić information content (AvgIpc) is 2.84. The molecule has 2 N–H and O–H groups in total. The van der Waals surface area contributed by atoms with Crippen LogP contribution in [0.15, 0.2) is 23.1 Å². The minimum atomic E-state index is -3.69. The molecule has 1 aliphatic rings. The van der Waals surface area contributed by atoms with Gasteiger partial charge in [-0.1, -0.05) is 18.0 Å². The highest BCUT2D eigenvalue weighted by Gasteiger charge is 2.31. The maximum absolute atomic E-state index is 12.4. The third kappa shape index (κ3) is 3.71. The van der Waals surface area contributed by atoms with Crippen LogP contribution in [0.25, 0.3) is 0 Å². The second kappa shape index (κ2) is 6.56. The average molecular weight is 350 g/mol. The zero-order valence-corrected chi connectivity index (χ0v) is 13.8. The smallest absolute Gasteiger partial charge is 0.337 e. The highest BCUT2D eigenvalue weighted by Crippen LogP contribution is 2.30. The molecule has 5 nitrogen and oxygen atoms in total. The molecule has 2 unspecified atom stereocenters. The first kappa shape index (κ1) is 16.6.